The summed E-state index contributed by atoms with van der Waals surface area (Å²) >= 11 is 0. The second-order valence-electron chi connectivity index (χ2n) is 5.26. The predicted molar refractivity (Wildman–Crippen MR) is 79.1 cm³/mol. The molecule has 21 heavy (non-hydrogen) atoms. The molecule has 1 fully saturated rings. The van der Waals surface area contributed by atoms with Gasteiger partial charge in [-0.05, 0) is 30.7 Å². The molecule has 1 aromatic carbocycles. The van der Waals surface area contributed by atoms with Crippen LogP contribution in [0.1, 0.15) is 18.9 Å². The molecule has 0 aliphatic carbocycles. The summed E-state index contributed by atoms with van der Waals surface area (Å²) in [7, 11) is 0. The fourth-order valence-electron chi connectivity index (χ4n) is 2.36. The zero-order valence-electron chi connectivity index (χ0n) is 12.4. The smallest absolute Gasteiger partial charge is 0.119 e. The second-order valence-corrected chi connectivity index (χ2v) is 5.26. The molecule has 0 amide bonds. The van der Waals surface area contributed by atoms with Crippen LogP contribution in [0.25, 0.3) is 0 Å². The van der Waals surface area contributed by atoms with Crippen LogP contribution in [0, 0.1) is 11.3 Å². The lowest BCUT2D eigenvalue weighted by Gasteiger charge is -2.33. The normalized spacial score (nSPS) is 20.7. The summed E-state index contributed by atoms with van der Waals surface area (Å²) in [5.74, 6) is 0.668. The first kappa shape index (κ1) is 15.8. The van der Waals surface area contributed by atoms with Crippen LogP contribution in [-0.4, -0.2) is 55.1 Å². The van der Waals surface area contributed by atoms with Gasteiger partial charge in [0.1, 0.15) is 18.5 Å². The number of morpholine rings is 1. The van der Waals surface area contributed by atoms with Gasteiger partial charge in [0.05, 0.1) is 24.3 Å². The van der Waals surface area contributed by atoms with E-state index in [2.05, 4.69) is 17.9 Å². The third kappa shape index (κ3) is 5.01. The Morgan fingerprint density at radius 3 is 2.90 bits per heavy atom. The highest BCUT2D eigenvalue weighted by Gasteiger charge is 2.21. The number of nitrogens with zero attached hydrogens (tertiary/aromatic N) is 2. The van der Waals surface area contributed by atoms with E-state index in [9.17, 15) is 5.11 Å². The minimum atomic E-state index is -0.531. The molecule has 1 aliphatic rings. The molecule has 2 unspecified atom stereocenters. The van der Waals surface area contributed by atoms with Gasteiger partial charge in [0.25, 0.3) is 0 Å². The molecule has 1 aliphatic heterocycles. The van der Waals surface area contributed by atoms with Gasteiger partial charge in [-0.1, -0.05) is 6.92 Å². The number of hydrogen-bond donors (Lipinski definition) is 1. The van der Waals surface area contributed by atoms with E-state index in [1.165, 1.54) is 0 Å². The Morgan fingerprint density at radius 1 is 1.48 bits per heavy atom. The van der Waals surface area contributed by atoms with Crippen molar-refractivity contribution >= 4 is 0 Å². The third-order valence-corrected chi connectivity index (χ3v) is 3.57. The predicted octanol–water partition coefficient (Wildman–Crippen LogP) is 1.41. The molecule has 2 rings (SSSR count). The van der Waals surface area contributed by atoms with Crippen LogP contribution in [-0.2, 0) is 4.74 Å². The summed E-state index contributed by atoms with van der Waals surface area (Å²) < 4.78 is 11.2. The zero-order valence-corrected chi connectivity index (χ0v) is 12.4. The molecule has 0 saturated carbocycles. The highest BCUT2D eigenvalue weighted by atomic mass is 16.5. The molecule has 0 aromatic heterocycles. The Kier molecular flexibility index (Phi) is 6.00. The molecular weight excluding hydrogens is 268 g/mol. The molecule has 114 valence electrons. The maximum atomic E-state index is 10.1. The van der Waals surface area contributed by atoms with Crippen LogP contribution in [0.4, 0.5) is 0 Å². The van der Waals surface area contributed by atoms with E-state index in [-0.39, 0.29) is 12.7 Å². The van der Waals surface area contributed by atoms with Crippen LogP contribution in [0.3, 0.4) is 0 Å². The minimum absolute atomic E-state index is 0.250. The lowest BCUT2D eigenvalue weighted by molar-refractivity contribution is -0.0453. The van der Waals surface area contributed by atoms with E-state index in [1.807, 2.05) is 0 Å². The van der Waals surface area contributed by atoms with Gasteiger partial charge < -0.3 is 14.6 Å². The molecule has 0 radical (unpaired) electrons. The fourth-order valence-corrected chi connectivity index (χ4v) is 2.36. The first-order valence-corrected chi connectivity index (χ1v) is 7.36. The van der Waals surface area contributed by atoms with Crippen molar-refractivity contribution in [2.24, 2.45) is 0 Å². The second kappa shape index (κ2) is 7.99. The molecule has 5 heteroatoms. The molecule has 1 saturated heterocycles. The van der Waals surface area contributed by atoms with E-state index >= 15 is 0 Å². The Labute approximate surface area is 125 Å². The highest BCUT2D eigenvalue weighted by Crippen LogP contribution is 2.13. The van der Waals surface area contributed by atoms with Crippen molar-refractivity contribution in [3.8, 4) is 11.8 Å². The average molecular weight is 290 g/mol. The van der Waals surface area contributed by atoms with Gasteiger partial charge in [0, 0.05) is 19.6 Å². The van der Waals surface area contributed by atoms with Gasteiger partial charge in [-0.3, -0.25) is 4.90 Å². The molecule has 0 spiro atoms. The van der Waals surface area contributed by atoms with Gasteiger partial charge in [-0.25, -0.2) is 0 Å². The van der Waals surface area contributed by atoms with Crippen LogP contribution in [0.15, 0.2) is 24.3 Å². The average Bonchev–Trinajstić information content (AvgIpc) is 2.53. The van der Waals surface area contributed by atoms with Crippen molar-refractivity contribution < 1.29 is 14.6 Å². The van der Waals surface area contributed by atoms with Gasteiger partial charge in [-0.15, -0.1) is 0 Å². The minimum Gasteiger partial charge on any atom is -0.491 e. The highest BCUT2D eigenvalue weighted by molar-refractivity contribution is 5.34. The maximum absolute atomic E-state index is 10.1. The van der Waals surface area contributed by atoms with E-state index in [0.29, 0.717) is 17.9 Å². The van der Waals surface area contributed by atoms with Gasteiger partial charge in [0.2, 0.25) is 0 Å². The SMILES string of the molecule is CCC1CN(CC(O)COc2ccc(C#N)cc2)CCO1. The zero-order chi connectivity index (χ0) is 15.1. The van der Waals surface area contributed by atoms with Crippen molar-refractivity contribution in [2.75, 3.05) is 32.8 Å². The number of β-amino-alcohol motifs (C(OH)–C–C–N with tert-alkyl or cyclic N) is 1. The molecule has 1 N–H and O–H groups in total. The van der Waals surface area contributed by atoms with E-state index in [0.717, 1.165) is 26.1 Å². The molecule has 2 atom stereocenters. The Balaban J connectivity index is 1.73. The monoisotopic (exact) mass is 290 g/mol. The van der Waals surface area contributed by atoms with Gasteiger partial charge >= 0.3 is 0 Å². The lowest BCUT2D eigenvalue weighted by atomic mass is 10.2. The number of rotatable bonds is 6. The van der Waals surface area contributed by atoms with Crippen molar-refractivity contribution in [3.63, 3.8) is 0 Å². The largest absolute Gasteiger partial charge is 0.491 e. The maximum Gasteiger partial charge on any atom is 0.119 e. The van der Waals surface area contributed by atoms with Gasteiger partial charge in [-0.2, -0.15) is 5.26 Å². The van der Waals surface area contributed by atoms with E-state index in [1.54, 1.807) is 24.3 Å². The number of hydrogen-bond acceptors (Lipinski definition) is 5. The van der Waals surface area contributed by atoms with Crippen LogP contribution in [0.5, 0.6) is 5.75 Å². The van der Waals surface area contributed by atoms with Crippen molar-refractivity contribution in [1.82, 2.24) is 4.90 Å². The number of nitriles is 1. The molecule has 1 aromatic rings. The molecular formula is C16H22N2O3. The summed E-state index contributed by atoms with van der Waals surface area (Å²) in [4.78, 5) is 2.21. The van der Waals surface area contributed by atoms with Crippen molar-refractivity contribution in [2.45, 2.75) is 25.6 Å². The van der Waals surface area contributed by atoms with Crippen LogP contribution >= 0.6 is 0 Å². The summed E-state index contributed by atoms with van der Waals surface area (Å²) in [6.07, 6.45) is 0.732. The quantitative estimate of drug-likeness (QED) is 0.858. The van der Waals surface area contributed by atoms with E-state index in [4.69, 9.17) is 14.7 Å². The Morgan fingerprint density at radius 2 is 2.24 bits per heavy atom. The topological polar surface area (TPSA) is 65.7 Å². The van der Waals surface area contributed by atoms with Crippen molar-refractivity contribution in [3.05, 3.63) is 29.8 Å². The molecule has 5 nitrogen and oxygen atoms in total. The number of aliphatic hydroxyl groups excluding tert-OH is 1. The first-order chi connectivity index (χ1) is 10.2. The fraction of sp³-hybridized carbons (Fsp3) is 0.562. The molecule has 0 bridgehead atoms. The summed E-state index contributed by atoms with van der Waals surface area (Å²) in [6, 6.07) is 8.95. The number of benzene rings is 1. The van der Waals surface area contributed by atoms with Crippen LogP contribution < -0.4 is 4.74 Å². The summed E-state index contributed by atoms with van der Waals surface area (Å²) in [5.41, 5.74) is 0.599. The number of ether oxygens (including phenoxy) is 2. The third-order valence-electron chi connectivity index (χ3n) is 3.57. The molecule has 1 heterocycles. The van der Waals surface area contributed by atoms with Crippen LogP contribution in [0.2, 0.25) is 0 Å². The summed E-state index contributed by atoms with van der Waals surface area (Å²) in [6.45, 7) is 5.39. The Bertz CT molecular complexity index is 469. The van der Waals surface area contributed by atoms with E-state index < -0.39 is 6.10 Å². The number of aliphatic hydroxyl groups is 1. The lowest BCUT2D eigenvalue weighted by Crippen LogP contribution is -2.46. The van der Waals surface area contributed by atoms with Crippen molar-refractivity contribution in [1.29, 1.82) is 5.26 Å². The Hall–Kier alpha value is -1.61. The standard InChI is InChI=1S/C16H22N2O3/c1-2-15-11-18(7-8-20-15)10-14(19)12-21-16-5-3-13(9-17)4-6-16/h3-6,14-15,19H,2,7-8,10-12H2,1H3. The van der Waals surface area contributed by atoms with Gasteiger partial charge in [0.15, 0.2) is 0 Å². The first-order valence-electron chi connectivity index (χ1n) is 7.36. The summed E-state index contributed by atoms with van der Waals surface area (Å²) in [5, 5.41) is 18.8.